The fourth-order valence-electron chi connectivity index (χ4n) is 1.30. The van der Waals surface area contributed by atoms with Gasteiger partial charge in [-0.2, -0.15) is 5.21 Å². The van der Waals surface area contributed by atoms with E-state index < -0.39 is 0 Å². The normalized spacial score (nSPS) is 10.3. The van der Waals surface area contributed by atoms with Gasteiger partial charge in [0.2, 0.25) is 5.82 Å². The van der Waals surface area contributed by atoms with E-state index in [-0.39, 0.29) is 0 Å². The van der Waals surface area contributed by atoms with Crippen LogP contribution in [0.4, 0.5) is 0 Å². The number of nitrogens with zero attached hydrogens (tertiary/aromatic N) is 3. The first-order valence-corrected chi connectivity index (χ1v) is 4.97. The van der Waals surface area contributed by atoms with Gasteiger partial charge in [0, 0.05) is 6.54 Å². The number of benzene rings is 1. The second-order valence-corrected chi connectivity index (χ2v) is 3.29. The monoisotopic (exact) mass is 219 g/mol. The van der Waals surface area contributed by atoms with Gasteiger partial charge >= 0.3 is 0 Å². The molecule has 2 rings (SSSR count). The molecule has 0 fully saturated rings. The van der Waals surface area contributed by atoms with Crippen LogP contribution in [0, 0.1) is 0 Å². The third kappa shape index (κ3) is 2.77. The summed E-state index contributed by atoms with van der Waals surface area (Å²) < 4.78 is 5.48. The molecule has 0 saturated heterocycles. The molecule has 2 N–H and O–H groups in total. The highest BCUT2D eigenvalue weighted by molar-refractivity contribution is 5.27. The number of hydrogen-bond donors (Lipinski definition) is 2. The van der Waals surface area contributed by atoms with Crippen molar-refractivity contribution >= 4 is 0 Å². The second kappa shape index (κ2) is 5.22. The van der Waals surface area contributed by atoms with Gasteiger partial charge in [0.25, 0.3) is 0 Å². The Morgan fingerprint density at radius 1 is 1.31 bits per heavy atom. The molecule has 0 spiro atoms. The standard InChI is InChI=1S/C10H13N5O/c1-11-6-8-2-4-9(5-3-8)16-7-10-12-14-15-13-10/h2-5,11H,6-7H2,1H3,(H,12,13,14,15). The van der Waals surface area contributed by atoms with Gasteiger partial charge in [-0.1, -0.05) is 17.3 Å². The molecular formula is C10H13N5O. The Hall–Kier alpha value is -1.95. The van der Waals surface area contributed by atoms with Gasteiger partial charge < -0.3 is 10.1 Å². The highest BCUT2D eigenvalue weighted by Gasteiger charge is 1.99. The van der Waals surface area contributed by atoms with Crippen LogP contribution in [0.15, 0.2) is 24.3 Å². The Balaban J connectivity index is 1.90. The molecule has 0 aliphatic carbocycles. The lowest BCUT2D eigenvalue weighted by atomic mass is 10.2. The smallest absolute Gasteiger partial charge is 0.211 e. The molecule has 0 unspecified atom stereocenters. The maximum absolute atomic E-state index is 5.48. The van der Waals surface area contributed by atoms with Crippen LogP contribution < -0.4 is 10.1 Å². The first-order chi connectivity index (χ1) is 7.88. The lowest BCUT2D eigenvalue weighted by Crippen LogP contribution is -2.04. The number of hydrogen-bond acceptors (Lipinski definition) is 5. The van der Waals surface area contributed by atoms with Gasteiger partial charge in [0.1, 0.15) is 5.75 Å². The predicted octanol–water partition coefficient (Wildman–Crippen LogP) is 0.498. The SMILES string of the molecule is CNCc1ccc(OCc2nn[nH]n2)cc1. The molecule has 0 aliphatic heterocycles. The average molecular weight is 219 g/mol. The molecule has 6 nitrogen and oxygen atoms in total. The van der Waals surface area contributed by atoms with Crippen molar-refractivity contribution in [1.82, 2.24) is 25.9 Å². The van der Waals surface area contributed by atoms with Crippen molar-refractivity contribution in [3.05, 3.63) is 35.7 Å². The minimum atomic E-state index is 0.321. The minimum Gasteiger partial charge on any atom is -0.485 e. The van der Waals surface area contributed by atoms with Gasteiger partial charge in [-0.3, -0.25) is 0 Å². The molecule has 0 atom stereocenters. The number of ether oxygens (including phenoxy) is 1. The molecule has 2 aromatic rings. The van der Waals surface area contributed by atoms with Crippen molar-refractivity contribution in [2.75, 3.05) is 7.05 Å². The zero-order valence-corrected chi connectivity index (χ0v) is 8.97. The van der Waals surface area contributed by atoms with E-state index in [1.54, 1.807) is 0 Å². The zero-order chi connectivity index (χ0) is 11.2. The Labute approximate surface area is 93.0 Å². The summed E-state index contributed by atoms with van der Waals surface area (Å²) in [4.78, 5) is 0. The average Bonchev–Trinajstić information content (AvgIpc) is 2.82. The quantitative estimate of drug-likeness (QED) is 0.765. The van der Waals surface area contributed by atoms with Crippen molar-refractivity contribution in [3.8, 4) is 5.75 Å². The van der Waals surface area contributed by atoms with Crippen LogP contribution in [0.5, 0.6) is 5.75 Å². The summed E-state index contributed by atoms with van der Waals surface area (Å²) in [6, 6.07) is 7.88. The molecule has 0 bridgehead atoms. The van der Waals surface area contributed by atoms with Gasteiger partial charge in [-0.05, 0) is 24.7 Å². The summed E-state index contributed by atoms with van der Waals surface area (Å²) in [6.07, 6.45) is 0. The molecule has 1 aromatic carbocycles. The van der Waals surface area contributed by atoms with Gasteiger partial charge in [0.05, 0.1) is 0 Å². The summed E-state index contributed by atoms with van der Waals surface area (Å²) in [7, 11) is 1.92. The first-order valence-electron chi connectivity index (χ1n) is 4.97. The summed E-state index contributed by atoms with van der Waals surface area (Å²) in [6.45, 7) is 1.17. The molecule has 0 aliphatic rings. The number of rotatable bonds is 5. The van der Waals surface area contributed by atoms with Crippen LogP contribution in [0.1, 0.15) is 11.4 Å². The molecule has 6 heteroatoms. The van der Waals surface area contributed by atoms with Crippen molar-refractivity contribution in [3.63, 3.8) is 0 Å². The van der Waals surface area contributed by atoms with Crippen molar-refractivity contribution < 1.29 is 4.74 Å². The number of aromatic amines is 1. The number of aromatic nitrogens is 4. The van der Waals surface area contributed by atoms with E-state index in [2.05, 4.69) is 25.9 Å². The van der Waals surface area contributed by atoms with Gasteiger partial charge in [-0.15, -0.1) is 10.2 Å². The maximum Gasteiger partial charge on any atom is 0.211 e. The van der Waals surface area contributed by atoms with Gasteiger partial charge in [-0.25, -0.2) is 0 Å². The highest BCUT2D eigenvalue weighted by Crippen LogP contribution is 2.12. The van der Waals surface area contributed by atoms with Crippen LogP contribution in [0.3, 0.4) is 0 Å². The summed E-state index contributed by atoms with van der Waals surface area (Å²) >= 11 is 0. The third-order valence-corrected chi connectivity index (χ3v) is 2.06. The molecule has 0 radical (unpaired) electrons. The largest absolute Gasteiger partial charge is 0.485 e. The Morgan fingerprint density at radius 2 is 2.12 bits per heavy atom. The minimum absolute atomic E-state index is 0.321. The van der Waals surface area contributed by atoms with Crippen LogP contribution in [-0.2, 0) is 13.2 Å². The Kier molecular flexibility index (Phi) is 3.45. The lowest BCUT2D eigenvalue weighted by Gasteiger charge is -2.04. The van der Waals surface area contributed by atoms with E-state index in [1.165, 1.54) is 5.56 Å². The van der Waals surface area contributed by atoms with E-state index in [1.807, 2.05) is 31.3 Å². The predicted molar refractivity (Wildman–Crippen MR) is 57.7 cm³/mol. The number of nitrogens with one attached hydrogen (secondary N) is 2. The molecular weight excluding hydrogens is 206 g/mol. The molecule has 1 heterocycles. The van der Waals surface area contributed by atoms with E-state index >= 15 is 0 Å². The fraction of sp³-hybridized carbons (Fsp3) is 0.300. The van der Waals surface area contributed by atoms with Crippen molar-refractivity contribution in [2.45, 2.75) is 13.2 Å². The summed E-state index contributed by atoms with van der Waals surface area (Å²) in [5.41, 5.74) is 1.22. The first kappa shape index (κ1) is 10.6. The maximum atomic E-state index is 5.48. The number of tetrazole rings is 1. The van der Waals surface area contributed by atoms with E-state index in [4.69, 9.17) is 4.74 Å². The Bertz CT molecular complexity index is 411. The van der Waals surface area contributed by atoms with Crippen molar-refractivity contribution in [1.29, 1.82) is 0 Å². The molecule has 1 aromatic heterocycles. The topological polar surface area (TPSA) is 75.7 Å². The van der Waals surface area contributed by atoms with Gasteiger partial charge in [0.15, 0.2) is 6.61 Å². The second-order valence-electron chi connectivity index (χ2n) is 3.29. The van der Waals surface area contributed by atoms with Crippen LogP contribution in [0.25, 0.3) is 0 Å². The van der Waals surface area contributed by atoms with E-state index in [9.17, 15) is 0 Å². The molecule has 84 valence electrons. The van der Waals surface area contributed by atoms with Crippen LogP contribution in [-0.4, -0.2) is 27.7 Å². The zero-order valence-electron chi connectivity index (χ0n) is 8.97. The molecule has 16 heavy (non-hydrogen) atoms. The summed E-state index contributed by atoms with van der Waals surface area (Å²) in [5, 5.41) is 16.5. The van der Waals surface area contributed by atoms with E-state index in [0.717, 1.165) is 12.3 Å². The fourth-order valence-corrected chi connectivity index (χ4v) is 1.30. The highest BCUT2D eigenvalue weighted by atomic mass is 16.5. The molecule has 0 amide bonds. The van der Waals surface area contributed by atoms with Crippen LogP contribution in [0.2, 0.25) is 0 Å². The summed E-state index contributed by atoms with van der Waals surface area (Å²) in [5.74, 6) is 1.34. The van der Waals surface area contributed by atoms with E-state index in [0.29, 0.717) is 12.4 Å². The molecule has 0 saturated carbocycles. The number of H-pyrrole nitrogens is 1. The van der Waals surface area contributed by atoms with Crippen LogP contribution >= 0.6 is 0 Å². The third-order valence-electron chi connectivity index (χ3n) is 2.06. The van der Waals surface area contributed by atoms with Crippen molar-refractivity contribution in [2.24, 2.45) is 0 Å². The lowest BCUT2D eigenvalue weighted by molar-refractivity contribution is 0.296. The Morgan fingerprint density at radius 3 is 2.75 bits per heavy atom.